The molecule has 0 amide bonds. The van der Waals surface area contributed by atoms with Gasteiger partial charge in [-0.2, -0.15) is 0 Å². The zero-order valence-corrected chi connectivity index (χ0v) is 27.0. The summed E-state index contributed by atoms with van der Waals surface area (Å²) in [6.45, 7) is 20.0. The largest absolute Gasteiger partial charge is 0.491 e. The molecule has 43 heavy (non-hydrogen) atoms. The predicted molar refractivity (Wildman–Crippen MR) is 178 cm³/mol. The van der Waals surface area contributed by atoms with Crippen LogP contribution in [0.4, 0.5) is 15.9 Å². The Morgan fingerprint density at radius 2 is 1.91 bits per heavy atom. The summed E-state index contributed by atoms with van der Waals surface area (Å²) in [7, 11) is 5.62. The van der Waals surface area contributed by atoms with Crippen molar-refractivity contribution in [1.29, 1.82) is 0 Å². The summed E-state index contributed by atoms with van der Waals surface area (Å²) >= 11 is 0. The van der Waals surface area contributed by atoms with E-state index in [1.54, 1.807) is 19.3 Å². The van der Waals surface area contributed by atoms with Gasteiger partial charge in [0.05, 0.1) is 24.6 Å². The highest BCUT2D eigenvalue weighted by molar-refractivity contribution is 6.09. The van der Waals surface area contributed by atoms with Gasteiger partial charge in [0, 0.05) is 62.4 Å². The maximum Gasteiger partial charge on any atom is 0.135 e. The molecule has 1 saturated heterocycles. The Bertz CT molecular complexity index is 1220. The van der Waals surface area contributed by atoms with Gasteiger partial charge in [0.2, 0.25) is 0 Å². The topological polar surface area (TPSA) is 74.2 Å². The molecule has 1 fully saturated rings. The lowest BCUT2D eigenvalue weighted by Gasteiger charge is -2.26. The van der Waals surface area contributed by atoms with Gasteiger partial charge in [-0.05, 0) is 56.8 Å². The van der Waals surface area contributed by atoms with Crippen LogP contribution in [-0.2, 0) is 15.9 Å². The Hall–Kier alpha value is -3.53. The van der Waals surface area contributed by atoms with Crippen LogP contribution in [0.1, 0.15) is 44.7 Å². The van der Waals surface area contributed by atoms with E-state index in [2.05, 4.69) is 45.6 Å². The van der Waals surface area contributed by atoms with Gasteiger partial charge in [-0.15, -0.1) is 0 Å². The van der Waals surface area contributed by atoms with Crippen molar-refractivity contribution in [2.75, 3.05) is 77.8 Å². The quantitative estimate of drug-likeness (QED) is 0.133. The van der Waals surface area contributed by atoms with E-state index >= 15 is 0 Å². The summed E-state index contributed by atoms with van der Waals surface area (Å²) in [5, 5.41) is 6.72. The second-order valence-electron chi connectivity index (χ2n) is 10.3. The fourth-order valence-electron chi connectivity index (χ4n) is 4.32. The molecule has 0 atom stereocenters. The highest BCUT2D eigenvalue weighted by Gasteiger charge is 2.14. The van der Waals surface area contributed by atoms with Gasteiger partial charge in [-0.1, -0.05) is 46.4 Å². The minimum atomic E-state index is -0.328. The second-order valence-corrected chi connectivity index (χ2v) is 10.3. The molecule has 1 aliphatic rings. The van der Waals surface area contributed by atoms with Crippen molar-refractivity contribution in [3.8, 4) is 0 Å². The van der Waals surface area contributed by atoms with E-state index in [0.29, 0.717) is 35.2 Å². The Labute approximate surface area is 258 Å². The SMILES string of the molecule is C=C(CCN1CCOCC1)Nc1cc(N/C(=C/C(=NC)c2cc(CCC)ccc2F)C(=C)OCCN(C)C)ccn1.CC. The zero-order chi connectivity index (χ0) is 31.6. The molecule has 2 aromatic rings. The van der Waals surface area contributed by atoms with E-state index in [4.69, 9.17) is 9.47 Å². The molecule has 1 aliphatic heterocycles. The molecule has 0 radical (unpaired) electrons. The Morgan fingerprint density at radius 3 is 2.58 bits per heavy atom. The lowest BCUT2D eigenvalue weighted by molar-refractivity contribution is 0.0385. The van der Waals surface area contributed by atoms with Crippen LogP contribution in [0, 0.1) is 5.82 Å². The minimum absolute atomic E-state index is 0.328. The number of halogens is 1. The maximum atomic E-state index is 14.9. The van der Waals surface area contributed by atoms with Crippen molar-refractivity contribution in [1.82, 2.24) is 14.8 Å². The van der Waals surface area contributed by atoms with Crippen molar-refractivity contribution < 1.29 is 13.9 Å². The minimum Gasteiger partial charge on any atom is -0.491 e. The number of hydrogen-bond acceptors (Lipinski definition) is 8. The van der Waals surface area contributed by atoms with Gasteiger partial charge >= 0.3 is 0 Å². The smallest absolute Gasteiger partial charge is 0.135 e. The number of likely N-dealkylation sites (N-methyl/N-ethyl adjacent to an activating group) is 1. The van der Waals surface area contributed by atoms with Gasteiger partial charge in [-0.3, -0.25) is 9.89 Å². The molecule has 3 rings (SSSR count). The third-order valence-corrected chi connectivity index (χ3v) is 6.66. The molecule has 2 heterocycles. The molecular weight excluding hydrogens is 543 g/mol. The van der Waals surface area contributed by atoms with Crippen LogP contribution in [0.5, 0.6) is 0 Å². The van der Waals surface area contributed by atoms with Gasteiger partial charge in [0.15, 0.2) is 0 Å². The van der Waals surface area contributed by atoms with Gasteiger partial charge in [-0.25, -0.2) is 9.37 Å². The number of allylic oxidation sites excluding steroid dienone is 1. The van der Waals surface area contributed by atoms with Crippen molar-refractivity contribution in [3.63, 3.8) is 0 Å². The number of nitrogens with one attached hydrogen (secondary N) is 2. The molecule has 0 bridgehead atoms. The first-order chi connectivity index (χ1) is 20.8. The summed E-state index contributed by atoms with van der Waals surface area (Å²) in [6.07, 6.45) is 6.14. The summed E-state index contributed by atoms with van der Waals surface area (Å²) in [6, 6.07) is 8.94. The summed E-state index contributed by atoms with van der Waals surface area (Å²) in [4.78, 5) is 13.3. The van der Waals surface area contributed by atoms with Gasteiger partial charge in [0.1, 0.15) is 24.0 Å². The molecule has 0 saturated carbocycles. The average Bonchev–Trinajstić information content (AvgIpc) is 3.01. The number of anilines is 2. The number of aliphatic imine (C=N–C) groups is 1. The van der Waals surface area contributed by atoms with Crippen molar-refractivity contribution >= 4 is 17.2 Å². The Morgan fingerprint density at radius 1 is 1.16 bits per heavy atom. The second kappa shape index (κ2) is 19.6. The number of aromatic nitrogens is 1. The number of rotatable bonds is 16. The van der Waals surface area contributed by atoms with Crippen molar-refractivity contribution in [2.45, 2.75) is 40.0 Å². The highest BCUT2D eigenvalue weighted by atomic mass is 19.1. The van der Waals surface area contributed by atoms with Crippen molar-refractivity contribution in [3.05, 3.63) is 89.9 Å². The van der Waals surface area contributed by atoms with E-state index in [1.165, 1.54) is 6.07 Å². The lowest BCUT2D eigenvalue weighted by Crippen LogP contribution is -2.37. The van der Waals surface area contributed by atoms with Crippen LogP contribution in [0.3, 0.4) is 0 Å². The molecule has 0 unspecified atom stereocenters. The number of nitrogens with zero attached hydrogens (tertiary/aromatic N) is 4. The summed E-state index contributed by atoms with van der Waals surface area (Å²) in [5.41, 5.74) is 4.22. The van der Waals surface area contributed by atoms with Crippen molar-refractivity contribution in [2.24, 2.45) is 4.99 Å². The van der Waals surface area contributed by atoms with Crippen LogP contribution >= 0.6 is 0 Å². The van der Waals surface area contributed by atoms with Crippen LogP contribution in [-0.4, -0.2) is 87.6 Å². The number of aryl methyl sites for hydroxylation is 1. The molecule has 1 aromatic carbocycles. The molecule has 2 N–H and O–H groups in total. The van der Waals surface area contributed by atoms with E-state index in [1.807, 2.05) is 57.1 Å². The van der Waals surface area contributed by atoms with E-state index in [0.717, 1.165) is 75.6 Å². The summed E-state index contributed by atoms with van der Waals surface area (Å²) in [5.74, 6) is 0.772. The molecular formula is C34H51FN6O2. The molecule has 236 valence electrons. The molecule has 1 aromatic heterocycles. The first kappa shape index (κ1) is 35.7. The van der Waals surface area contributed by atoms with E-state index in [-0.39, 0.29) is 5.82 Å². The lowest BCUT2D eigenvalue weighted by atomic mass is 10.0. The summed E-state index contributed by atoms with van der Waals surface area (Å²) < 4.78 is 26.3. The normalized spacial score (nSPS) is 14.1. The Kier molecular flexibility index (Phi) is 16.3. The van der Waals surface area contributed by atoms with E-state index < -0.39 is 0 Å². The highest BCUT2D eigenvalue weighted by Crippen LogP contribution is 2.22. The van der Waals surface area contributed by atoms with Crippen LogP contribution in [0.15, 0.2) is 77.9 Å². The third kappa shape index (κ3) is 12.7. The number of pyridine rings is 1. The van der Waals surface area contributed by atoms with Crippen LogP contribution in [0.2, 0.25) is 0 Å². The Balaban J connectivity index is 0.00000316. The molecule has 9 heteroatoms. The van der Waals surface area contributed by atoms with Crippen LogP contribution in [0.25, 0.3) is 0 Å². The molecule has 0 aliphatic carbocycles. The number of benzene rings is 1. The molecule has 8 nitrogen and oxygen atoms in total. The fourth-order valence-corrected chi connectivity index (χ4v) is 4.32. The zero-order valence-electron chi connectivity index (χ0n) is 27.0. The first-order valence-corrected chi connectivity index (χ1v) is 15.2. The average molecular weight is 595 g/mol. The van der Waals surface area contributed by atoms with Gasteiger partial charge in [0.25, 0.3) is 0 Å². The fraction of sp³-hybridized carbons (Fsp3) is 0.471. The van der Waals surface area contributed by atoms with Gasteiger partial charge < -0.3 is 25.0 Å². The number of morpholine rings is 1. The predicted octanol–water partition coefficient (Wildman–Crippen LogP) is 6.35. The molecule has 0 spiro atoms. The van der Waals surface area contributed by atoms with E-state index in [9.17, 15) is 4.39 Å². The third-order valence-electron chi connectivity index (χ3n) is 6.66. The standard InChI is InChI=1S/C32H45FN6O2.C2H6/c1-7-8-26-9-10-29(33)28(21-26)31(34-4)23-30(25(3)41-20-15-38(5)6)37-27-11-13-35-32(22-27)36-24(2)12-14-39-16-18-40-19-17-39;1-2/h9-11,13,21-23H,2-3,7-8,12,14-20H2,1,4-6H3,(H2,35,36,37);1-2H3/b30-23+,34-31?;. The first-order valence-electron chi connectivity index (χ1n) is 15.2. The van der Waals surface area contributed by atoms with Crippen LogP contribution < -0.4 is 10.6 Å². The number of hydrogen-bond donors (Lipinski definition) is 2. The number of ether oxygens (including phenoxy) is 2. The maximum absolute atomic E-state index is 14.9. The monoisotopic (exact) mass is 594 g/mol.